The molecule has 1 unspecified atom stereocenters. The number of pyridine rings is 1. The third kappa shape index (κ3) is 4.03. The summed E-state index contributed by atoms with van der Waals surface area (Å²) in [4.78, 5) is 6.96. The lowest BCUT2D eigenvalue weighted by atomic mass is 10.0. The van der Waals surface area contributed by atoms with E-state index in [0.717, 1.165) is 0 Å². The van der Waals surface area contributed by atoms with Gasteiger partial charge in [-0.1, -0.05) is 30.1 Å². The zero-order valence-electron chi connectivity index (χ0n) is 14.1. The maximum Gasteiger partial charge on any atom is 0.232 e. The molecule has 0 saturated carbocycles. The Hall–Kier alpha value is -1.87. The summed E-state index contributed by atoms with van der Waals surface area (Å²) in [5, 5.41) is 11.6. The molecule has 0 fully saturated rings. The van der Waals surface area contributed by atoms with Gasteiger partial charge in [0.15, 0.2) is 5.82 Å². The molecule has 0 aliphatic carbocycles. The van der Waals surface area contributed by atoms with Crippen LogP contribution in [-0.2, 0) is 10.0 Å². The van der Waals surface area contributed by atoms with Gasteiger partial charge in [-0.2, -0.15) is 0 Å². The Kier molecular flexibility index (Phi) is 5.62. The highest BCUT2D eigenvalue weighted by molar-refractivity contribution is 7.92. The van der Waals surface area contributed by atoms with Crippen molar-refractivity contribution in [2.24, 2.45) is 0 Å². The van der Waals surface area contributed by atoms with Crippen LogP contribution in [0.4, 0.5) is 10.1 Å². The first kappa shape index (κ1) is 19.9. The third-order valence-electron chi connectivity index (χ3n) is 3.96. The number of hydrogen-bond donors (Lipinski definition) is 3. The average molecular weight is 432 g/mol. The molecule has 6 nitrogen and oxygen atoms in total. The van der Waals surface area contributed by atoms with Crippen molar-refractivity contribution in [3.05, 3.63) is 57.6 Å². The van der Waals surface area contributed by atoms with Crippen LogP contribution < -0.4 is 4.72 Å². The second kappa shape index (κ2) is 7.63. The molecule has 3 rings (SSSR count). The fourth-order valence-corrected chi connectivity index (χ4v) is 4.31. The molecule has 27 heavy (non-hydrogen) atoms. The van der Waals surface area contributed by atoms with Gasteiger partial charge in [-0.25, -0.2) is 17.8 Å². The molecule has 0 aliphatic rings. The second-order valence-corrected chi connectivity index (χ2v) is 8.63. The van der Waals surface area contributed by atoms with Crippen LogP contribution >= 0.6 is 23.2 Å². The van der Waals surface area contributed by atoms with Gasteiger partial charge in [-0.05, 0) is 24.6 Å². The molecule has 3 aromatic rings. The number of rotatable bonds is 6. The molecule has 2 heterocycles. The normalized spacial score (nSPS) is 13.1. The number of halogens is 3. The number of H-pyrrole nitrogens is 1. The summed E-state index contributed by atoms with van der Waals surface area (Å²) in [6.07, 6.45) is 1.83. The van der Waals surface area contributed by atoms with Gasteiger partial charge in [-0.15, -0.1) is 0 Å². The number of nitrogens with one attached hydrogen (secondary N) is 2. The first-order valence-corrected chi connectivity index (χ1v) is 10.4. The van der Waals surface area contributed by atoms with E-state index < -0.39 is 21.9 Å². The van der Waals surface area contributed by atoms with Gasteiger partial charge < -0.3 is 10.1 Å². The Morgan fingerprint density at radius 3 is 2.81 bits per heavy atom. The monoisotopic (exact) mass is 431 g/mol. The lowest BCUT2D eigenvalue weighted by Gasteiger charge is -2.16. The summed E-state index contributed by atoms with van der Waals surface area (Å²) < 4.78 is 41.1. The van der Waals surface area contributed by atoms with E-state index in [1.54, 1.807) is 13.0 Å². The van der Waals surface area contributed by atoms with Crippen molar-refractivity contribution in [2.75, 3.05) is 10.5 Å². The largest absolute Gasteiger partial charge is 0.383 e. The SMILES string of the molecule is CCCS(=O)(=O)Nc1ccc(Cl)c(C(O)c2c[nH]c3ncc(Cl)cc23)c1F. The molecule has 0 aliphatic heterocycles. The molecule has 0 amide bonds. The van der Waals surface area contributed by atoms with Gasteiger partial charge in [-0.3, -0.25) is 4.72 Å². The molecule has 0 saturated heterocycles. The number of fused-ring (bicyclic) bond motifs is 1. The zero-order chi connectivity index (χ0) is 19.8. The van der Waals surface area contributed by atoms with Crippen LogP contribution in [0.1, 0.15) is 30.6 Å². The number of benzene rings is 1. The standard InChI is InChI=1S/C17H16Cl2FN3O3S/c1-2-5-27(25,26)23-13-4-3-12(19)14(15(13)20)16(24)11-8-22-17-10(11)6-9(18)7-21-17/h3-4,6-8,16,23-24H,2,5H2,1H3,(H,21,22). The van der Waals surface area contributed by atoms with Gasteiger partial charge >= 0.3 is 0 Å². The van der Waals surface area contributed by atoms with E-state index in [4.69, 9.17) is 23.2 Å². The van der Waals surface area contributed by atoms with Crippen LogP contribution in [0.3, 0.4) is 0 Å². The molecule has 144 valence electrons. The third-order valence-corrected chi connectivity index (χ3v) is 5.98. The fourth-order valence-electron chi connectivity index (χ4n) is 2.77. The molecule has 1 atom stereocenters. The first-order chi connectivity index (χ1) is 12.7. The van der Waals surface area contributed by atoms with Gasteiger partial charge in [0.05, 0.1) is 16.5 Å². The lowest BCUT2D eigenvalue weighted by molar-refractivity contribution is 0.217. The van der Waals surface area contributed by atoms with Crippen LogP contribution in [0.2, 0.25) is 10.0 Å². The Labute approximate surface area is 165 Å². The summed E-state index contributed by atoms with van der Waals surface area (Å²) >= 11 is 12.1. The van der Waals surface area contributed by atoms with E-state index in [0.29, 0.717) is 28.0 Å². The highest BCUT2D eigenvalue weighted by Gasteiger charge is 2.25. The van der Waals surface area contributed by atoms with Crippen LogP contribution in [-0.4, -0.2) is 29.2 Å². The molecule has 0 spiro atoms. The molecule has 0 bridgehead atoms. The Bertz CT molecular complexity index is 1100. The number of aromatic amines is 1. The molecule has 2 aromatic heterocycles. The minimum absolute atomic E-state index is 0.0391. The first-order valence-electron chi connectivity index (χ1n) is 8.02. The molecule has 3 N–H and O–H groups in total. The van der Waals surface area contributed by atoms with Gasteiger partial charge in [0.2, 0.25) is 10.0 Å². The minimum Gasteiger partial charge on any atom is -0.383 e. The topological polar surface area (TPSA) is 95.1 Å². The van der Waals surface area contributed by atoms with E-state index in [2.05, 4.69) is 14.7 Å². The average Bonchev–Trinajstić information content (AvgIpc) is 3.00. The van der Waals surface area contributed by atoms with Crippen molar-refractivity contribution in [3.63, 3.8) is 0 Å². The predicted octanol–water partition coefficient (Wildman–Crippen LogP) is 4.24. The highest BCUT2D eigenvalue weighted by atomic mass is 35.5. The molecule has 1 aromatic carbocycles. The van der Waals surface area contributed by atoms with Crippen LogP contribution in [0.25, 0.3) is 11.0 Å². The number of aliphatic hydroxyl groups is 1. The van der Waals surface area contributed by atoms with Gasteiger partial charge in [0, 0.05) is 33.9 Å². The van der Waals surface area contributed by atoms with Crippen molar-refractivity contribution in [1.82, 2.24) is 9.97 Å². The summed E-state index contributed by atoms with van der Waals surface area (Å²) in [6.45, 7) is 1.70. The summed E-state index contributed by atoms with van der Waals surface area (Å²) in [5.74, 6) is -1.10. The number of aliphatic hydroxyl groups excluding tert-OH is 1. The number of sulfonamides is 1. The smallest absolute Gasteiger partial charge is 0.232 e. The maximum absolute atomic E-state index is 15.0. The van der Waals surface area contributed by atoms with E-state index in [9.17, 15) is 13.5 Å². The van der Waals surface area contributed by atoms with E-state index in [1.807, 2.05) is 0 Å². The maximum atomic E-state index is 15.0. The van der Waals surface area contributed by atoms with E-state index >= 15 is 4.39 Å². The molecular weight excluding hydrogens is 416 g/mol. The van der Waals surface area contributed by atoms with Gasteiger partial charge in [0.1, 0.15) is 11.8 Å². The molecular formula is C17H16Cl2FN3O3S. The number of anilines is 1. The zero-order valence-corrected chi connectivity index (χ0v) is 16.5. The van der Waals surface area contributed by atoms with Crippen LogP contribution in [0, 0.1) is 5.82 Å². The summed E-state index contributed by atoms with van der Waals surface area (Å²) in [5.41, 5.74) is 0.256. The number of hydrogen-bond acceptors (Lipinski definition) is 4. The van der Waals surface area contributed by atoms with E-state index in [-0.39, 0.29) is 22.0 Å². The molecule has 10 heteroatoms. The van der Waals surface area contributed by atoms with Crippen LogP contribution in [0.5, 0.6) is 0 Å². The highest BCUT2D eigenvalue weighted by Crippen LogP contribution is 2.37. The second-order valence-electron chi connectivity index (χ2n) is 5.94. The summed E-state index contributed by atoms with van der Waals surface area (Å²) in [6, 6.07) is 4.13. The van der Waals surface area contributed by atoms with Crippen molar-refractivity contribution < 1.29 is 17.9 Å². The van der Waals surface area contributed by atoms with E-state index in [1.165, 1.54) is 24.5 Å². The van der Waals surface area contributed by atoms with Crippen molar-refractivity contribution in [2.45, 2.75) is 19.4 Å². The van der Waals surface area contributed by atoms with Crippen molar-refractivity contribution in [1.29, 1.82) is 0 Å². The Balaban J connectivity index is 2.07. The van der Waals surface area contributed by atoms with Crippen molar-refractivity contribution in [3.8, 4) is 0 Å². The number of nitrogens with zero attached hydrogens (tertiary/aromatic N) is 1. The summed E-state index contributed by atoms with van der Waals surface area (Å²) in [7, 11) is -3.70. The minimum atomic E-state index is -3.70. The number of aromatic nitrogens is 2. The Morgan fingerprint density at radius 2 is 2.11 bits per heavy atom. The van der Waals surface area contributed by atoms with Crippen molar-refractivity contribution >= 4 is 49.9 Å². The lowest BCUT2D eigenvalue weighted by Crippen LogP contribution is -2.18. The molecule has 0 radical (unpaired) electrons. The van der Waals surface area contributed by atoms with Crippen LogP contribution in [0.15, 0.2) is 30.6 Å². The quantitative estimate of drug-likeness (QED) is 0.543. The fraction of sp³-hybridized carbons (Fsp3) is 0.235. The predicted molar refractivity (Wildman–Crippen MR) is 104 cm³/mol. The Morgan fingerprint density at radius 1 is 1.37 bits per heavy atom. The van der Waals surface area contributed by atoms with Gasteiger partial charge in [0.25, 0.3) is 0 Å².